The number of nitrogens with zero attached hydrogens (tertiary/aromatic N) is 3. The summed E-state index contributed by atoms with van der Waals surface area (Å²) in [6.45, 7) is 1.08. The molecular weight excluding hydrogens is 402 g/mol. The van der Waals surface area contributed by atoms with Gasteiger partial charge in [-0.1, -0.05) is 6.07 Å². The molecule has 2 amide bonds. The molecule has 5 rings (SSSR count). The van der Waals surface area contributed by atoms with Crippen molar-refractivity contribution < 1.29 is 14.3 Å². The van der Waals surface area contributed by atoms with Crippen LogP contribution < -0.4 is 11.1 Å². The van der Waals surface area contributed by atoms with Crippen LogP contribution in [0.15, 0.2) is 29.9 Å². The number of thiazole rings is 1. The highest BCUT2D eigenvalue weighted by Gasteiger charge is 2.33. The highest BCUT2D eigenvalue weighted by Crippen LogP contribution is 2.31. The highest BCUT2D eigenvalue weighted by atomic mass is 32.1. The van der Waals surface area contributed by atoms with Gasteiger partial charge in [0.2, 0.25) is 0 Å². The van der Waals surface area contributed by atoms with E-state index in [1.54, 1.807) is 21.7 Å². The van der Waals surface area contributed by atoms with Gasteiger partial charge in [-0.05, 0) is 37.0 Å². The fourth-order valence-corrected chi connectivity index (χ4v) is 4.52. The van der Waals surface area contributed by atoms with Crippen LogP contribution >= 0.6 is 11.3 Å². The number of nitrogen functional groups attached to an aromatic ring is 1. The summed E-state index contributed by atoms with van der Waals surface area (Å²) in [6.07, 6.45) is 4.36. The Balaban J connectivity index is 1.36. The molecule has 1 saturated carbocycles. The van der Waals surface area contributed by atoms with Gasteiger partial charge in [0.05, 0.1) is 40.8 Å². The first-order valence-electron chi connectivity index (χ1n) is 9.88. The molecule has 1 aromatic carbocycles. The summed E-state index contributed by atoms with van der Waals surface area (Å²) in [7, 11) is 0. The largest absolute Gasteiger partial charge is 0.383 e. The van der Waals surface area contributed by atoms with Gasteiger partial charge < -0.3 is 20.7 Å². The number of amides is 2. The van der Waals surface area contributed by atoms with Crippen LogP contribution in [0.1, 0.15) is 36.0 Å². The average molecular weight is 423 g/mol. The van der Waals surface area contributed by atoms with Crippen LogP contribution in [0, 0.1) is 0 Å². The van der Waals surface area contributed by atoms with Gasteiger partial charge >= 0.3 is 11.8 Å². The van der Waals surface area contributed by atoms with Crippen LogP contribution in [0.4, 0.5) is 11.5 Å². The van der Waals surface area contributed by atoms with Crippen LogP contribution in [0.3, 0.4) is 0 Å². The molecule has 0 unspecified atom stereocenters. The van der Waals surface area contributed by atoms with Gasteiger partial charge in [-0.15, -0.1) is 11.3 Å². The van der Waals surface area contributed by atoms with Gasteiger partial charge in [-0.2, -0.15) is 0 Å². The molecule has 8 nitrogen and oxygen atoms in total. The van der Waals surface area contributed by atoms with Gasteiger partial charge in [-0.25, -0.2) is 9.97 Å². The number of nitrogens with two attached hydrogens (primary N) is 1. The van der Waals surface area contributed by atoms with Gasteiger partial charge in [0.25, 0.3) is 0 Å². The Morgan fingerprint density at radius 3 is 2.87 bits per heavy atom. The number of ether oxygens (including phenoxy) is 1. The van der Waals surface area contributed by atoms with Gasteiger partial charge in [-0.3, -0.25) is 9.59 Å². The van der Waals surface area contributed by atoms with E-state index in [0.717, 1.165) is 46.2 Å². The van der Waals surface area contributed by atoms with Crippen LogP contribution in [-0.4, -0.2) is 32.7 Å². The van der Waals surface area contributed by atoms with Crippen LogP contribution in [0.5, 0.6) is 0 Å². The molecule has 1 aliphatic heterocycles. The number of carbonyl (C=O) groups excluding carboxylic acids is 2. The van der Waals surface area contributed by atoms with Crippen LogP contribution in [0.2, 0.25) is 0 Å². The van der Waals surface area contributed by atoms with Gasteiger partial charge in [0.1, 0.15) is 5.82 Å². The van der Waals surface area contributed by atoms with Gasteiger partial charge in [0, 0.05) is 23.7 Å². The molecule has 0 radical (unpaired) electrons. The maximum Gasteiger partial charge on any atom is 0.313 e. The molecule has 2 aromatic heterocycles. The SMILES string of the molecule is Nc1ncc(NC(=O)C(=O)N(Cc2ccc3scnc3c2)C2CCC2)c2c1COC2. The van der Waals surface area contributed by atoms with E-state index in [0.29, 0.717) is 31.3 Å². The molecule has 3 heterocycles. The Morgan fingerprint density at radius 2 is 2.07 bits per heavy atom. The standard InChI is InChI=1S/C21H21N5O3S/c22-19-15-10-29-9-14(15)17(7-23-19)25-20(27)21(28)26(13-2-1-3-13)8-12-4-5-18-16(6-12)24-11-30-18/h4-7,11,13H,1-3,8-10H2,(H2,22,23)(H,25,27). The first-order valence-corrected chi connectivity index (χ1v) is 10.8. The highest BCUT2D eigenvalue weighted by molar-refractivity contribution is 7.16. The van der Waals surface area contributed by atoms with E-state index in [2.05, 4.69) is 15.3 Å². The average Bonchev–Trinajstić information content (AvgIpc) is 3.37. The van der Waals surface area contributed by atoms with Crippen molar-refractivity contribution in [2.24, 2.45) is 0 Å². The number of pyridine rings is 1. The number of hydrogen-bond donors (Lipinski definition) is 2. The third-order valence-electron chi connectivity index (χ3n) is 5.79. The van der Waals surface area contributed by atoms with Crippen molar-refractivity contribution in [3.8, 4) is 0 Å². The topological polar surface area (TPSA) is 110 Å². The molecule has 0 spiro atoms. The van der Waals surface area contributed by atoms with E-state index < -0.39 is 11.8 Å². The minimum atomic E-state index is -0.669. The maximum absolute atomic E-state index is 13.1. The Kier molecular flexibility index (Phi) is 4.84. The first-order chi connectivity index (χ1) is 14.6. The number of anilines is 2. The molecule has 154 valence electrons. The zero-order valence-electron chi connectivity index (χ0n) is 16.3. The predicted octanol–water partition coefficient (Wildman–Crippen LogP) is 2.82. The summed E-state index contributed by atoms with van der Waals surface area (Å²) in [5, 5.41) is 2.73. The Hall–Kier alpha value is -3.04. The molecular formula is C21H21N5O3S. The lowest BCUT2D eigenvalue weighted by atomic mass is 9.91. The van der Waals surface area contributed by atoms with Crippen LogP contribution in [0.25, 0.3) is 10.2 Å². The number of carbonyl (C=O) groups is 2. The number of fused-ring (bicyclic) bond motifs is 2. The van der Waals surface area contributed by atoms with Crippen molar-refractivity contribution in [2.45, 2.75) is 45.1 Å². The van der Waals surface area contributed by atoms with Crippen molar-refractivity contribution in [1.82, 2.24) is 14.9 Å². The van der Waals surface area contributed by atoms with E-state index in [1.165, 1.54) is 6.20 Å². The number of nitrogens with one attached hydrogen (secondary N) is 1. The van der Waals surface area contributed by atoms with Crippen molar-refractivity contribution in [3.63, 3.8) is 0 Å². The summed E-state index contributed by atoms with van der Waals surface area (Å²) in [4.78, 5) is 36.1. The fourth-order valence-electron chi connectivity index (χ4n) is 3.87. The summed E-state index contributed by atoms with van der Waals surface area (Å²) in [5.74, 6) is -0.819. The Morgan fingerprint density at radius 1 is 1.23 bits per heavy atom. The second-order valence-corrected chi connectivity index (χ2v) is 8.52. The van der Waals surface area contributed by atoms with E-state index in [-0.39, 0.29) is 6.04 Å². The molecule has 1 aliphatic carbocycles. The van der Waals surface area contributed by atoms with E-state index >= 15 is 0 Å². The molecule has 0 saturated heterocycles. The second kappa shape index (κ2) is 7.66. The molecule has 1 fully saturated rings. The van der Waals surface area contributed by atoms with E-state index in [9.17, 15) is 9.59 Å². The van der Waals surface area contributed by atoms with Crippen molar-refractivity contribution >= 4 is 44.9 Å². The number of aromatic nitrogens is 2. The molecule has 0 atom stereocenters. The normalized spacial score (nSPS) is 15.6. The van der Waals surface area contributed by atoms with E-state index in [4.69, 9.17) is 10.5 Å². The molecule has 30 heavy (non-hydrogen) atoms. The lowest BCUT2D eigenvalue weighted by Gasteiger charge is -2.37. The summed E-state index contributed by atoms with van der Waals surface area (Å²) in [6, 6.07) is 6.06. The van der Waals surface area contributed by atoms with Crippen molar-refractivity contribution in [2.75, 3.05) is 11.1 Å². The number of benzene rings is 1. The summed E-state index contributed by atoms with van der Waals surface area (Å²) < 4.78 is 6.53. The third-order valence-corrected chi connectivity index (χ3v) is 6.60. The van der Waals surface area contributed by atoms with E-state index in [1.807, 2.05) is 18.2 Å². The molecule has 2 aliphatic rings. The Bertz CT molecular complexity index is 1140. The number of rotatable bonds is 4. The quantitative estimate of drug-likeness (QED) is 0.625. The maximum atomic E-state index is 13.1. The third kappa shape index (κ3) is 3.40. The molecule has 3 aromatic rings. The smallest absolute Gasteiger partial charge is 0.313 e. The molecule has 0 bridgehead atoms. The predicted molar refractivity (Wildman–Crippen MR) is 114 cm³/mol. The monoisotopic (exact) mass is 423 g/mol. The van der Waals surface area contributed by atoms with Crippen molar-refractivity contribution in [3.05, 3.63) is 46.6 Å². The molecule has 9 heteroatoms. The summed E-state index contributed by atoms with van der Waals surface area (Å²) in [5.41, 5.74) is 11.6. The second-order valence-electron chi connectivity index (χ2n) is 7.63. The fraction of sp³-hybridized carbons (Fsp3) is 0.333. The lowest BCUT2D eigenvalue weighted by molar-refractivity contribution is -0.146. The zero-order valence-corrected chi connectivity index (χ0v) is 17.1. The minimum absolute atomic E-state index is 0.0768. The first kappa shape index (κ1) is 19.0. The molecule has 3 N–H and O–H groups in total. The van der Waals surface area contributed by atoms with Gasteiger partial charge in [0.15, 0.2) is 0 Å². The van der Waals surface area contributed by atoms with Crippen molar-refractivity contribution in [1.29, 1.82) is 0 Å². The Labute approximate surface area is 177 Å². The van der Waals surface area contributed by atoms with Crippen LogP contribution in [-0.2, 0) is 34.1 Å². The zero-order chi connectivity index (χ0) is 20.7. The summed E-state index contributed by atoms with van der Waals surface area (Å²) >= 11 is 1.58. The number of hydrogen-bond acceptors (Lipinski definition) is 7. The lowest BCUT2D eigenvalue weighted by Crippen LogP contribution is -2.48. The minimum Gasteiger partial charge on any atom is -0.383 e.